The number of carbonyl (C=O) groups is 21. The van der Waals surface area contributed by atoms with Gasteiger partial charge >= 0.3 is 101 Å². The maximum Gasteiger partial charge on any atom is 0.305 e. The lowest BCUT2D eigenvalue weighted by molar-refractivity contribution is -0.409. The molecule has 51 nitrogen and oxygen atoms in total. The maximum absolute atomic E-state index is 15.3. The van der Waals surface area contributed by atoms with Crippen LogP contribution in [0.1, 0.15) is 159 Å². The predicted octanol–water partition coefficient (Wildman–Crippen LogP) is -1.15. The van der Waals surface area contributed by atoms with Gasteiger partial charge in [-0.15, -0.1) is 0 Å². The predicted molar refractivity (Wildman–Crippen MR) is 425 cm³/mol. The van der Waals surface area contributed by atoms with E-state index in [0.717, 1.165) is 118 Å². The molecule has 0 bridgehead atoms. The molecule has 0 N–H and O–H groups in total. The Bertz CT molecular complexity index is 4830. The topological polar surface area (TPSA) is 623 Å². The van der Waals surface area contributed by atoms with Crippen LogP contribution in [0.3, 0.4) is 0 Å². The third kappa shape index (κ3) is 26.1. The molecule has 136 heavy (non-hydrogen) atoms. The fourth-order valence-corrected chi connectivity index (χ4v) is 16.3. The lowest BCUT2D eigenvalue weighted by atomic mass is 9.93. The lowest BCUT2D eigenvalue weighted by Crippen LogP contribution is -2.72. The number of hydrogen-bond acceptors (Lipinski definition) is 49. The summed E-state index contributed by atoms with van der Waals surface area (Å²) in [6.07, 6.45) is -63.1. The third-order valence-electron chi connectivity index (χ3n) is 20.9. The van der Waals surface area contributed by atoms with Gasteiger partial charge < -0.3 is 133 Å². The van der Waals surface area contributed by atoms with E-state index in [9.17, 15) is 81.5 Å². The Morgan fingerprint density at radius 3 is 0.868 bits per heavy atom. The molecule has 51 heteroatoms. The first-order valence-electron chi connectivity index (χ1n) is 41.9. The van der Waals surface area contributed by atoms with Crippen LogP contribution in [0.2, 0.25) is 0 Å². The normalized spacial score (nSPS) is 31.7. The van der Waals surface area contributed by atoms with Crippen LogP contribution in [-0.2, 0) is 214 Å². The summed E-state index contributed by atoms with van der Waals surface area (Å²) in [6.45, 7) is 7.96. The second kappa shape index (κ2) is 46.2. The zero-order chi connectivity index (χ0) is 100. The highest BCUT2D eigenvalue weighted by Gasteiger charge is 2.66. The van der Waals surface area contributed by atoms with E-state index in [-0.39, 0.29) is 22.3 Å². The first-order chi connectivity index (χ1) is 64.1. The van der Waals surface area contributed by atoms with E-state index in [4.69, 9.17) is 133 Å². The van der Waals surface area contributed by atoms with Gasteiger partial charge in [0.05, 0.1) is 35.5 Å². The highest BCUT2D eigenvalue weighted by molar-refractivity contribution is 6.22. The SMILES string of the molecule is CC(=O)OC[C@H]1O[C@H](OC[C@H]2O[C@@H](O[C@H]3[C@H](OC(C)=O)[C@@H](N4C(=O)c5ccccc5C4=O)[C@H](OC(C)=O)O[C@@H]3COC(C)=O)[C@@H](O[C@@H]3OC[C@@H](OC(C)=O)[C@H](OC(C)=O)[C@H]3OC(C)=O)[C@@H](O[C@H]3O[C@H](COC(C)=O)[C@@H](OC(C)=O)[C@H](OC(C)=O)[C@@H]3O[C@@H]3O[C@H](COC(C)=O)[C@@H](OC(C)=O)[C@H](OC(C)=O)[C@H]3N3C(=O)c4ccccc4C3=O)[C@@H]2OC(C)=O)[C@@H](OC(C)=O)[C@@H](OC(C)=O)[C@@H]1OC(C)=O. The van der Waals surface area contributed by atoms with Crippen LogP contribution in [0, 0.1) is 0 Å². The molecule has 0 aliphatic carbocycles. The minimum Gasteiger partial charge on any atom is -0.463 e. The van der Waals surface area contributed by atoms with Gasteiger partial charge in [-0.05, 0) is 24.3 Å². The number of ether oxygens (including phenoxy) is 28. The van der Waals surface area contributed by atoms with Crippen molar-refractivity contribution in [2.24, 2.45) is 0 Å². The smallest absolute Gasteiger partial charge is 0.305 e. The molecule has 29 atom stereocenters. The van der Waals surface area contributed by atoms with E-state index >= 15 is 19.2 Å². The molecule has 0 unspecified atom stereocenters. The first-order valence-corrected chi connectivity index (χ1v) is 41.9. The minimum absolute atomic E-state index is 0.308. The van der Waals surface area contributed by atoms with Gasteiger partial charge in [-0.25, -0.2) is 0 Å². The average molecular weight is 1930 g/mol. The van der Waals surface area contributed by atoms with Gasteiger partial charge in [0.1, 0.15) is 87.3 Å². The highest BCUT2D eigenvalue weighted by atomic mass is 16.8. The molecular formula is C85H100N2O49. The Kier molecular flexibility index (Phi) is 35.8. The van der Waals surface area contributed by atoms with Crippen molar-refractivity contribution >= 4 is 125 Å². The number of carbonyl (C=O) groups excluding carboxylic acids is 21. The van der Waals surface area contributed by atoms with Gasteiger partial charge in [-0.1, -0.05) is 24.3 Å². The molecular weight excluding hydrogens is 1830 g/mol. The quantitative estimate of drug-likeness (QED) is 0.0453. The van der Waals surface area contributed by atoms with Crippen molar-refractivity contribution in [3.8, 4) is 0 Å². The Morgan fingerprint density at radius 2 is 0.493 bits per heavy atom. The number of benzene rings is 2. The summed E-state index contributed by atoms with van der Waals surface area (Å²) in [7, 11) is 0. The molecule has 6 fully saturated rings. The molecule has 2 aromatic carbocycles. The molecule has 0 radical (unpaired) electrons. The molecule has 0 saturated carbocycles. The van der Waals surface area contributed by atoms with Crippen LogP contribution in [-0.4, -0.2) is 353 Å². The van der Waals surface area contributed by atoms with Crippen LogP contribution >= 0.6 is 0 Å². The van der Waals surface area contributed by atoms with E-state index in [1.807, 2.05) is 0 Å². The van der Waals surface area contributed by atoms with Gasteiger partial charge in [-0.2, -0.15) is 0 Å². The van der Waals surface area contributed by atoms with Gasteiger partial charge in [0.2, 0.25) is 6.29 Å². The first kappa shape index (κ1) is 105. The van der Waals surface area contributed by atoms with E-state index in [0.29, 0.717) is 9.80 Å². The molecule has 2 aromatic rings. The van der Waals surface area contributed by atoms with Crippen LogP contribution < -0.4 is 0 Å². The van der Waals surface area contributed by atoms with Crippen molar-refractivity contribution in [2.45, 2.75) is 296 Å². The molecule has 0 spiro atoms. The average Bonchev–Trinajstić information content (AvgIpc) is 1.29. The highest BCUT2D eigenvalue weighted by Crippen LogP contribution is 2.45. The molecule has 8 aliphatic heterocycles. The standard InChI is InChI=1S/C85H100N2O49/c1-32(88)109-26-54-61(116-37(6)93)67(121-42(11)98)60(87-78(107)51-24-20-21-25-52(51)79(87)108)81(129-54)135-74-70(124-45(14)101)64(118-39(8)95)57(29-112-35(4)91)131-85(74)134-71-65(119-40(9)96)58(31-113-82-73(126-47(16)103)69(123-44(13)100)63(117-38(7)94)56(130-82)28-111-34(3)90)132-84(75(71)136-83-72(125-46(15)102)66(120-41(10)97)53(30-114-83)115-36(5)92)133-62-55(27-110-33(2)89)128-80(127-48(17)104)59(68(62)122-43(12)99)86-76(105)49-22-18-19-23-50(49)77(86)106/h18-25,53-75,80-85H,26-31H2,1-17H3/t53-,54-,55-,56-,57-,58-,59-,60-,61-,62-,63-,64-,65-,66+,67-,68-,69+,70+,71+,72-,73+,74+,75+,80-,81+,82+,83+,84+,85-/m1/s1. The van der Waals surface area contributed by atoms with Gasteiger partial charge in [0.25, 0.3) is 23.6 Å². The number of esters is 17. The van der Waals surface area contributed by atoms with E-state index in [1.165, 1.54) is 48.5 Å². The Labute approximate surface area is 771 Å². The summed E-state index contributed by atoms with van der Waals surface area (Å²) < 4.78 is 172. The molecule has 10 rings (SSSR count). The number of fused-ring (bicyclic) bond motifs is 2. The summed E-state index contributed by atoms with van der Waals surface area (Å²) in [5, 5.41) is 0. The molecule has 744 valence electrons. The fourth-order valence-electron chi connectivity index (χ4n) is 16.3. The second-order valence-corrected chi connectivity index (χ2v) is 31.5. The zero-order valence-electron chi connectivity index (χ0n) is 76.0. The lowest BCUT2D eigenvalue weighted by Gasteiger charge is -2.53. The molecule has 8 aliphatic rings. The number of nitrogens with zero attached hydrogens (tertiary/aromatic N) is 2. The Balaban J connectivity index is 1.32. The molecule has 0 aromatic heterocycles. The van der Waals surface area contributed by atoms with Crippen molar-refractivity contribution in [1.29, 1.82) is 0 Å². The summed E-state index contributed by atoms with van der Waals surface area (Å²) in [4.78, 5) is 292. The van der Waals surface area contributed by atoms with Gasteiger partial charge in [0, 0.05) is 118 Å². The fraction of sp³-hybridized carbons (Fsp3) is 0.612. The number of imide groups is 2. The molecule has 4 amide bonds. The summed E-state index contributed by atoms with van der Waals surface area (Å²) in [5.41, 5.74) is -1.30. The third-order valence-corrected chi connectivity index (χ3v) is 20.9. The van der Waals surface area contributed by atoms with Crippen molar-refractivity contribution < 1.29 is 233 Å². The van der Waals surface area contributed by atoms with E-state index < -0.39 is 343 Å². The second-order valence-electron chi connectivity index (χ2n) is 31.5. The Hall–Kier alpha value is -12.7. The maximum atomic E-state index is 15.3. The van der Waals surface area contributed by atoms with Gasteiger partial charge in [0.15, 0.2) is 111 Å². The summed E-state index contributed by atoms with van der Waals surface area (Å²) in [5.74, 6) is -25.2. The van der Waals surface area contributed by atoms with E-state index in [1.54, 1.807) is 0 Å². The number of rotatable bonds is 34. The van der Waals surface area contributed by atoms with Crippen LogP contribution in [0.4, 0.5) is 0 Å². The molecule has 8 heterocycles. The summed E-state index contributed by atoms with van der Waals surface area (Å²) >= 11 is 0. The zero-order valence-corrected chi connectivity index (χ0v) is 76.0. The minimum atomic E-state index is -2.83. The summed E-state index contributed by atoms with van der Waals surface area (Å²) in [6, 6.07) is 5.53. The number of hydrogen-bond donors (Lipinski definition) is 0. The number of amides is 4. The van der Waals surface area contributed by atoms with Crippen LogP contribution in [0.5, 0.6) is 0 Å². The van der Waals surface area contributed by atoms with Gasteiger partial charge in [-0.3, -0.25) is 110 Å². The van der Waals surface area contributed by atoms with Crippen LogP contribution in [0.25, 0.3) is 0 Å². The van der Waals surface area contributed by atoms with Crippen molar-refractivity contribution in [1.82, 2.24) is 9.80 Å². The van der Waals surface area contributed by atoms with Crippen molar-refractivity contribution in [3.05, 3.63) is 70.8 Å². The van der Waals surface area contributed by atoms with Crippen molar-refractivity contribution in [3.63, 3.8) is 0 Å². The van der Waals surface area contributed by atoms with Crippen molar-refractivity contribution in [2.75, 3.05) is 39.6 Å². The molecule has 6 saturated heterocycles. The monoisotopic (exact) mass is 1930 g/mol. The van der Waals surface area contributed by atoms with Crippen LogP contribution in [0.15, 0.2) is 48.5 Å². The van der Waals surface area contributed by atoms with E-state index in [2.05, 4.69) is 0 Å². The Morgan fingerprint density at radius 1 is 0.243 bits per heavy atom. The largest absolute Gasteiger partial charge is 0.463 e.